The zero-order valence-electron chi connectivity index (χ0n) is 21.6. The van der Waals surface area contributed by atoms with Gasteiger partial charge in [-0.1, -0.05) is 55.9 Å². The van der Waals surface area contributed by atoms with Gasteiger partial charge in [-0.2, -0.15) is 5.10 Å². The molecule has 1 saturated heterocycles. The van der Waals surface area contributed by atoms with E-state index in [1.807, 2.05) is 49.1 Å². The number of hydrazone groups is 1. The molecule has 0 radical (unpaired) electrons. The number of nitrogens with one attached hydrogen (secondary N) is 3. The quantitative estimate of drug-likeness (QED) is 0.492. The van der Waals surface area contributed by atoms with E-state index in [1.54, 1.807) is 0 Å². The Morgan fingerprint density at radius 3 is 2.61 bits per heavy atom. The molecule has 0 bridgehead atoms. The van der Waals surface area contributed by atoms with E-state index < -0.39 is 0 Å². The van der Waals surface area contributed by atoms with E-state index in [4.69, 9.17) is 0 Å². The second-order valence-corrected chi connectivity index (χ2v) is 11.5. The van der Waals surface area contributed by atoms with Gasteiger partial charge in [-0.15, -0.1) is 0 Å². The van der Waals surface area contributed by atoms with Gasteiger partial charge in [0.2, 0.25) is 17.7 Å². The number of nitrogens with zero attached hydrogens (tertiary/aromatic N) is 3. The van der Waals surface area contributed by atoms with E-state index in [9.17, 15) is 14.4 Å². The summed E-state index contributed by atoms with van der Waals surface area (Å²) in [6, 6.07) is 9.75. The van der Waals surface area contributed by atoms with Crippen molar-refractivity contribution in [3.63, 3.8) is 0 Å². The Morgan fingerprint density at radius 2 is 1.92 bits per heavy atom. The minimum Gasteiger partial charge on any atom is -0.354 e. The maximum absolute atomic E-state index is 13.5. The lowest BCUT2D eigenvalue weighted by Gasteiger charge is -2.51. The summed E-state index contributed by atoms with van der Waals surface area (Å²) in [6.07, 6.45) is 1.59. The maximum Gasteiger partial charge on any atom is 0.230 e. The summed E-state index contributed by atoms with van der Waals surface area (Å²) < 4.78 is 0. The van der Waals surface area contributed by atoms with Crippen LogP contribution in [0.4, 0.5) is 0 Å². The van der Waals surface area contributed by atoms with Crippen molar-refractivity contribution in [2.75, 3.05) is 12.3 Å². The number of carbonyl (C=O) groups excluding carboxylic acids is 3. The molecule has 0 spiro atoms. The van der Waals surface area contributed by atoms with Crippen LogP contribution in [-0.2, 0) is 20.9 Å². The third-order valence-corrected chi connectivity index (χ3v) is 7.82. The smallest absolute Gasteiger partial charge is 0.230 e. The summed E-state index contributed by atoms with van der Waals surface area (Å²) in [5.41, 5.74) is 4.20. The summed E-state index contributed by atoms with van der Waals surface area (Å²) in [4.78, 5) is 43.0. The van der Waals surface area contributed by atoms with Gasteiger partial charge in [0, 0.05) is 31.1 Å². The number of thioether (sulfide) groups is 1. The van der Waals surface area contributed by atoms with Crippen molar-refractivity contribution in [1.82, 2.24) is 25.9 Å². The Bertz CT molecular complexity index is 985. The molecule has 2 aliphatic heterocycles. The molecule has 1 aliphatic carbocycles. The molecule has 36 heavy (non-hydrogen) atoms. The molecule has 0 aromatic heterocycles. The Labute approximate surface area is 217 Å². The van der Waals surface area contributed by atoms with E-state index in [0.717, 1.165) is 5.56 Å². The summed E-state index contributed by atoms with van der Waals surface area (Å²) in [5, 5.41) is 11.3. The first-order valence-electron chi connectivity index (χ1n) is 12.9. The SMILES string of the molecule is CC(C)CN1C(=O)C2CCC(C(=O)NC(C)C)CC2N2C(SCC(=O)NCc3ccccc3)=NNC12. The lowest BCUT2D eigenvalue weighted by atomic mass is 9.75. The van der Waals surface area contributed by atoms with Crippen molar-refractivity contribution < 1.29 is 14.4 Å². The Morgan fingerprint density at radius 1 is 1.17 bits per heavy atom. The van der Waals surface area contributed by atoms with Crippen LogP contribution >= 0.6 is 11.8 Å². The highest BCUT2D eigenvalue weighted by atomic mass is 32.2. The topological polar surface area (TPSA) is 106 Å². The fourth-order valence-corrected chi connectivity index (χ4v) is 6.13. The molecule has 196 valence electrons. The number of fused-ring (bicyclic) bond motifs is 3. The van der Waals surface area contributed by atoms with Crippen molar-refractivity contribution in [2.24, 2.45) is 22.9 Å². The normalized spacial score (nSPS) is 25.3. The molecule has 2 heterocycles. The monoisotopic (exact) mass is 514 g/mol. The van der Waals surface area contributed by atoms with Crippen LogP contribution in [0.1, 0.15) is 52.5 Å². The summed E-state index contributed by atoms with van der Waals surface area (Å²) in [6.45, 7) is 9.22. The van der Waals surface area contributed by atoms with E-state index in [1.165, 1.54) is 11.8 Å². The van der Waals surface area contributed by atoms with Gasteiger partial charge in [-0.3, -0.25) is 19.8 Å². The zero-order valence-corrected chi connectivity index (χ0v) is 22.4. The molecule has 3 amide bonds. The van der Waals surface area contributed by atoms with E-state index in [2.05, 4.69) is 39.9 Å². The van der Waals surface area contributed by atoms with Gasteiger partial charge >= 0.3 is 0 Å². The van der Waals surface area contributed by atoms with Crippen LogP contribution in [-0.4, -0.2) is 63.4 Å². The Balaban J connectivity index is 1.45. The van der Waals surface area contributed by atoms with Gasteiger partial charge in [0.1, 0.15) is 0 Å². The first-order chi connectivity index (χ1) is 17.2. The van der Waals surface area contributed by atoms with Gasteiger partial charge in [0.25, 0.3) is 0 Å². The highest BCUT2D eigenvalue weighted by Gasteiger charge is 2.53. The molecule has 1 aromatic rings. The number of hydrogen-bond donors (Lipinski definition) is 3. The third-order valence-electron chi connectivity index (χ3n) is 6.86. The number of hydrogen-bond acceptors (Lipinski definition) is 7. The van der Waals surface area contributed by atoms with Crippen LogP contribution in [0, 0.1) is 17.8 Å². The highest BCUT2D eigenvalue weighted by molar-refractivity contribution is 8.14. The van der Waals surface area contributed by atoms with Crippen LogP contribution in [0.5, 0.6) is 0 Å². The van der Waals surface area contributed by atoms with Crippen molar-refractivity contribution >= 4 is 34.7 Å². The third kappa shape index (κ3) is 5.96. The molecule has 3 N–H and O–H groups in total. The number of benzene rings is 1. The van der Waals surface area contributed by atoms with Crippen molar-refractivity contribution in [3.05, 3.63) is 35.9 Å². The molecule has 4 rings (SSSR count). The molecule has 4 atom stereocenters. The van der Waals surface area contributed by atoms with Crippen molar-refractivity contribution in [2.45, 2.75) is 71.9 Å². The first kappa shape index (κ1) is 26.3. The molecule has 9 nitrogen and oxygen atoms in total. The lowest BCUT2D eigenvalue weighted by Crippen LogP contribution is -2.68. The molecule has 10 heteroatoms. The fraction of sp³-hybridized carbons (Fsp3) is 0.615. The number of rotatable bonds is 8. The highest BCUT2D eigenvalue weighted by Crippen LogP contribution is 2.41. The molecular weight excluding hydrogens is 476 g/mol. The van der Waals surface area contributed by atoms with E-state index in [0.29, 0.717) is 43.4 Å². The van der Waals surface area contributed by atoms with Gasteiger partial charge in [-0.05, 0) is 44.6 Å². The average Bonchev–Trinajstić information content (AvgIpc) is 3.27. The van der Waals surface area contributed by atoms with Crippen molar-refractivity contribution in [1.29, 1.82) is 0 Å². The van der Waals surface area contributed by atoms with Crippen LogP contribution in [0.3, 0.4) is 0 Å². The number of amides is 3. The Hall–Kier alpha value is -2.75. The zero-order chi connectivity index (χ0) is 25.8. The van der Waals surface area contributed by atoms with Crippen molar-refractivity contribution in [3.8, 4) is 0 Å². The van der Waals surface area contributed by atoms with Gasteiger partial charge in [0.05, 0.1) is 11.7 Å². The maximum atomic E-state index is 13.5. The first-order valence-corrected chi connectivity index (χ1v) is 13.9. The fourth-order valence-electron chi connectivity index (χ4n) is 5.26. The van der Waals surface area contributed by atoms with E-state index in [-0.39, 0.29) is 53.7 Å². The number of carbonyl (C=O) groups is 3. The molecule has 3 aliphatic rings. The Kier molecular flexibility index (Phi) is 8.43. The predicted molar refractivity (Wildman–Crippen MR) is 141 cm³/mol. The van der Waals surface area contributed by atoms with E-state index >= 15 is 0 Å². The average molecular weight is 515 g/mol. The van der Waals surface area contributed by atoms with Crippen LogP contribution in [0.25, 0.3) is 0 Å². The van der Waals surface area contributed by atoms with Gasteiger partial charge < -0.3 is 20.4 Å². The minimum absolute atomic E-state index is 0.0515. The second-order valence-electron chi connectivity index (χ2n) is 10.6. The lowest BCUT2D eigenvalue weighted by molar-refractivity contribution is -0.158. The summed E-state index contributed by atoms with van der Waals surface area (Å²) in [5.74, 6) is 0.325. The van der Waals surface area contributed by atoms with Crippen LogP contribution < -0.4 is 16.1 Å². The molecule has 1 aromatic carbocycles. The molecule has 1 saturated carbocycles. The van der Waals surface area contributed by atoms with Crippen LogP contribution in [0.2, 0.25) is 0 Å². The summed E-state index contributed by atoms with van der Waals surface area (Å²) >= 11 is 1.37. The molecular formula is C26H38N6O3S. The number of amidine groups is 1. The van der Waals surface area contributed by atoms with Gasteiger partial charge in [-0.25, -0.2) is 0 Å². The largest absolute Gasteiger partial charge is 0.354 e. The predicted octanol–water partition coefficient (Wildman–Crippen LogP) is 2.30. The molecule has 2 fully saturated rings. The summed E-state index contributed by atoms with van der Waals surface area (Å²) in [7, 11) is 0. The molecule has 4 unspecified atom stereocenters. The van der Waals surface area contributed by atoms with Crippen LogP contribution in [0.15, 0.2) is 35.4 Å². The minimum atomic E-state index is -0.386. The second kappa shape index (κ2) is 11.5. The standard InChI is InChI=1S/C26H38N6O3S/c1-16(2)14-31-24(35)20-11-10-19(23(34)28-17(3)4)12-21(20)32-25(31)29-30-26(32)36-15-22(33)27-13-18-8-6-5-7-9-18/h5-9,16-17,19-21,25,29H,10-15H2,1-4H3,(H,27,33)(H,28,34). The van der Waals surface area contributed by atoms with Gasteiger partial charge in [0.15, 0.2) is 11.5 Å².